The Morgan fingerprint density at radius 2 is 1.82 bits per heavy atom. The van der Waals surface area contributed by atoms with Crippen molar-refractivity contribution in [1.29, 1.82) is 0 Å². The topological polar surface area (TPSA) is 77.8 Å². The molecule has 0 radical (unpaired) electrons. The lowest BCUT2D eigenvalue weighted by atomic mass is 9.61. The monoisotopic (exact) mass is 538 g/mol. The molecule has 4 rings (SSSR count). The van der Waals surface area contributed by atoms with Gasteiger partial charge in [0.1, 0.15) is 5.78 Å². The zero-order chi connectivity index (χ0) is 28.2. The Balaban J connectivity index is 1.37. The van der Waals surface area contributed by atoms with Crippen molar-refractivity contribution < 1.29 is 20.1 Å². The fourth-order valence-corrected chi connectivity index (χ4v) is 8.22. The minimum atomic E-state index is -0.657. The Labute approximate surface area is 237 Å². The molecule has 4 nitrogen and oxygen atoms in total. The van der Waals surface area contributed by atoms with Crippen molar-refractivity contribution in [2.45, 2.75) is 135 Å². The van der Waals surface area contributed by atoms with Crippen LogP contribution in [0.15, 0.2) is 47.6 Å². The van der Waals surface area contributed by atoms with E-state index >= 15 is 0 Å². The first-order valence-electron chi connectivity index (χ1n) is 16.0. The zero-order valence-electron chi connectivity index (χ0n) is 24.8. The molecule has 3 N–H and O–H groups in total. The van der Waals surface area contributed by atoms with Crippen LogP contribution in [-0.4, -0.2) is 39.4 Å². The van der Waals surface area contributed by atoms with Crippen LogP contribution in [0.4, 0.5) is 0 Å². The van der Waals surface area contributed by atoms with Crippen molar-refractivity contribution in [2.75, 3.05) is 0 Å². The first kappa shape index (κ1) is 30.5. The highest BCUT2D eigenvalue weighted by molar-refractivity contribution is 5.88. The van der Waals surface area contributed by atoms with Crippen molar-refractivity contribution in [2.24, 2.45) is 28.6 Å². The van der Waals surface area contributed by atoms with Crippen LogP contribution >= 0.6 is 0 Å². The van der Waals surface area contributed by atoms with Crippen LogP contribution in [0.25, 0.3) is 0 Å². The van der Waals surface area contributed by atoms with Gasteiger partial charge >= 0.3 is 0 Å². The minimum Gasteiger partial charge on any atom is -0.393 e. The maximum Gasteiger partial charge on any atom is 0.141 e. The molecule has 0 aromatic rings. The third-order valence-corrected chi connectivity index (χ3v) is 11.0. The standard InChI is InChI=1S/C35H54O4/c1-5-6-7-8-9-12-32(38)35(20-21-35)33(39)18-13-24(2)29-16-17-30-26(11-10-19-34(29,30)4)14-15-27-22-28(36)23-31(37)25(27)3/h13-15,18,24,28-31,33,36-37,39H,3,5-12,16-17,19-23H2,1-2,4H3/t24-,28-,29-,30+,31+,33+,34-/m1/s1. The number of carbonyl (C=O) groups excluding carboxylic acids is 1. The molecule has 0 aromatic carbocycles. The molecule has 4 saturated carbocycles. The molecule has 0 aliphatic heterocycles. The van der Waals surface area contributed by atoms with E-state index in [1.807, 2.05) is 6.08 Å². The van der Waals surface area contributed by atoms with E-state index in [4.69, 9.17) is 0 Å². The lowest BCUT2D eigenvalue weighted by Crippen LogP contribution is -2.35. The molecule has 0 bridgehead atoms. The van der Waals surface area contributed by atoms with Crippen molar-refractivity contribution in [3.05, 3.63) is 47.6 Å². The average molecular weight is 539 g/mol. The van der Waals surface area contributed by atoms with Crippen LogP contribution < -0.4 is 0 Å². The average Bonchev–Trinajstić information content (AvgIpc) is 3.64. The predicted octanol–water partition coefficient (Wildman–Crippen LogP) is 7.39. The second-order valence-electron chi connectivity index (χ2n) is 13.6. The Hall–Kier alpha value is -1.49. The highest BCUT2D eigenvalue weighted by Gasteiger charge is 2.54. The van der Waals surface area contributed by atoms with E-state index in [0.717, 1.165) is 43.3 Å². The third-order valence-electron chi connectivity index (χ3n) is 11.0. The van der Waals surface area contributed by atoms with Gasteiger partial charge in [0.2, 0.25) is 0 Å². The highest BCUT2D eigenvalue weighted by atomic mass is 16.3. The fourth-order valence-electron chi connectivity index (χ4n) is 8.22. The van der Waals surface area contributed by atoms with Crippen molar-refractivity contribution in [3.8, 4) is 0 Å². The van der Waals surface area contributed by atoms with Gasteiger partial charge in [-0.2, -0.15) is 0 Å². The summed E-state index contributed by atoms with van der Waals surface area (Å²) >= 11 is 0. The van der Waals surface area contributed by atoms with E-state index in [2.05, 4.69) is 45.6 Å². The number of rotatable bonds is 12. The maximum atomic E-state index is 13.0. The summed E-state index contributed by atoms with van der Waals surface area (Å²) in [5, 5.41) is 31.4. The van der Waals surface area contributed by atoms with E-state index in [0.29, 0.717) is 37.0 Å². The number of carbonyl (C=O) groups is 1. The fraction of sp³-hybridized carbons (Fsp3) is 0.743. The number of ketones is 1. The van der Waals surface area contributed by atoms with Crippen LogP contribution in [-0.2, 0) is 4.79 Å². The van der Waals surface area contributed by atoms with Crippen molar-refractivity contribution in [3.63, 3.8) is 0 Å². The molecule has 39 heavy (non-hydrogen) atoms. The SMILES string of the molecule is C=C1C(=CC=C2CCC[C@]3(C)[C@@H]([C@H](C)C=C[C@H](O)C4(C(=O)CCCCCCC)CC4)CC[C@@H]23)C[C@@H](O)C[C@@H]1O. The molecular weight excluding hydrogens is 484 g/mol. The Bertz CT molecular complexity index is 969. The number of hydrogen-bond acceptors (Lipinski definition) is 4. The van der Waals surface area contributed by atoms with E-state index in [9.17, 15) is 20.1 Å². The number of aliphatic hydroxyl groups excluding tert-OH is 3. The van der Waals surface area contributed by atoms with Gasteiger partial charge in [0.15, 0.2) is 0 Å². The number of fused-ring (bicyclic) bond motifs is 1. The Kier molecular flexibility index (Phi) is 10.2. The molecule has 4 fully saturated rings. The summed E-state index contributed by atoms with van der Waals surface area (Å²) in [4.78, 5) is 13.0. The predicted molar refractivity (Wildman–Crippen MR) is 159 cm³/mol. The molecule has 4 heteroatoms. The molecule has 4 aliphatic rings. The highest BCUT2D eigenvalue weighted by Crippen LogP contribution is 2.60. The largest absolute Gasteiger partial charge is 0.393 e. The number of allylic oxidation sites excluding steroid dienone is 4. The summed E-state index contributed by atoms with van der Waals surface area (Å²) in [5.74, 6) is 1.73. The number of Topliss-reactive ketones (excluding diaryl/α,β-unsaturated/α-hetero) is 1. The maximum absolute atomic E-state index is 13.0. The quantitative estimate of drug-likeness (QED) is 0.179. The second kappa shape index (κ2) is 13.0. The first-order chi connectivity index (χ1) is 18.6. The van der Waals surface area contributed by atoms with E-state index in [-0.39, 0.29) is 11.2 Å². The van der Waals surface area contributed by atoms with Gasteiger partial charge in [0.05, 0.1) is 23.7 Å². The molecule has 0 aromatic heterocycles. The molecule has 218 valence electrons. The lowest BCUT2D eigenvalue weighted by Gasteiger charge is -2.44. The minimum absolute atomic E-state index is 0.228. The molecular formula is C35H54O4. The Morgan fingerprint density at radius 1 is 1.08 bits per heavy atom. The number of aliphatic hydroxyl groups is 3. The van der Waals surface area contributed by atoms with Crippen LogP contribution in [0, 0.1) is 28.6 Å². The van der Waals surface area contributed by atoms with E-state index in [1.54, 1.807) is 0 Å². The summed E-state index contributed by atoms with van der Waals surface area (Å²) in [5.41, 5.74) is 2.94. The molecule has 0 amide bonds. The van der Waals surface area contributed by atoms with Gasteiger partial charge in [-0.25, -0.2) is 0 Å². The molecule has 7 atom stereocenters. The summed E-state index contributed by atoms with van der Waals surface area (Å²) < 4.78 is 0. The van der Waals surface area contributed by atoms with Gasteiger partial charge in [0, 0.05) is 12.8 Å². The van der Waals surface area contributed by atoms with Crippen molar-refractivity contribution >= 4 is 5.78 Å². The van der Waals surface area contributed by atoms with Crippen LogP contribution in [0.5, 0.6) is 0 Å². The van der Waals surface area contributed by atoms with Gasteiger partial charge in [-0.1, -0.05) is 82.9 Å². The summed E-state index contributed by atoms with van der Waals surface area (Å²) in [6.07, 6.45) is 21.6. The van der Waals surface area contributed by atoms with Crippen LogP contribution in [0.3, 0.4) is 0 Å². The van der Waals surface area contributed by atoms with Gasteiger partial charge in [-0.3, -0.25) is 4.79 Å². The number of hydrogen-bond donors (Lipinski definition) is 3. The van der Waals surface area contributed by atoms with Gasteiger partial charge in [0.25, 0.3) is 0 Å². The zero-order valence-corrected chi connectivity index (χ0v) is 24.8. The Morgan fingerprint density at radius 3 is 2.54 bits per heavy atom. The third kappa shape index (κ3) is 6.71. The van der Waals surface area contributed by atoms with Gasteiger partial charge in [-0.15, -0.1) is 0 Å². The van der Waals surface area contributed by atoms with Crippen LogP contribution in [0.1, 0.15) is 117 Å². The van der Waals surface area contributed by atoms with Gasteiger partial charge in [-0.05, 0) is 92.1 Å². The lowest BCUT2D eigenvalue weighted by molar-refractivity contribution is -0.127. The van der Waals surface area contributed by atoms with E-state index in [1.165, 1.54) is 50.5 Å². The smallest absolute Gasteiger partial charge is 0.141 e. The van der Waals surface area contributed by atoms with Crippen molar-refractivity contribution in [1.82, 2.24) is 0 Å². The molecule has 0 unspecified atom stereocenters. The summed E-state index contributed by atoms with van der Waals surface area (Å²) in [7, 11) is 0. The first-order valence-corrected chi connectivity index (χ1v) is 16.0. The molecule has 0 spiro atoms. The second-order valence-corrected chi connectivity index (χ2v) is 13.6. The molecule has 0 saturated heterocycles. The molecule has 4 aliphatic carbocycles. The molecule has 0 heterocycles. The van der Waals surface area contributed by atoms with E-state index < -0.39 is 23.7 Å². The summed E-state index contributed by atoms with van der Waals surface area (Å²) in [6, 6.07) is 0. The number of unbranched alkanes of at least 4 members (excludes halogenated alkanes) is 4. The normalized spacial score (nSPS) is 35.9. The van der Waals surface area contributed by atoms with Crippen LogP contribution in [0.2, 0.25) is 0 Å². The summed E-state index contributed by atoms with van der Waals surface area (Å²) in [6.45, 7) is 11.0. The van der Waals surface area contributed by atoms with Gasteiger partial charge < -0.3 is 15.3 Å².